The summed E-state index contributed by atoms with van der Waals surface area (Å²) in [4.78, 5) is 4.88. The van der Waals surface area contributed by atoms with Crippen LogP contribution in [0.25, 0.3) is 11.1 Å². The summed E-state index contributed by atoms with van der Waals surface area (Å²) < 4.78 is 0. The minimum atomic E-state index is 0.143. The third-order valence-corrected chi connectivity index (χ3v) is 5.65. The molecule has 2 aliphatic rings. The Labute approximate surface area is 165 Å². The molecule has 1 aromatic carbocycles. The molecule has 146 valence electrons. The number of aromatic nitrogens is 2. The number of phenolic OH excluding ortho intramolecular Hbond substituents is 1. The molecule has 1 atom stereocenters. The summed E-state index contributed by atoms with van der Waals surface area (Å²) in [6.07, 6.45) is 7.69. The van der Waals surface area contributed by atoms with Crippen molar-refractivity contribution in [3.8, 4) is 16.9 Å². The van der Waals surface area contributed by atoms with E-state index in [0.717, 1.165) is 36.6 Å². The summed E-state index contributed by atoms with van der Waals surface area (Å²) in [6, 6.07) is 6.10. The van der Waals surface area contributed by atoms with Crippen molar-refractivity contribution in [2.24, 2.45) is 10.2 Å². The number of hydrogen-bond acceptors (Lipinski definition) is 5. The van der Waals surface area contributed by atoms with Crippen LogP contribution < -0.4 is 0 Å². The van der Waals surface area contributed by atoms with Gasteiger partial charge in [-0.05, 0) is 50.1 Å². The van der Waals surface area contributed by atoms with Gasteiger partial charge in [0.15, 0.2) is 0 Å². The lowest BCUT2D eigenvalue weighted by Crippen LogP contribution is -2.51. The molecule has 2 aliphatic heterocycles. The molecule has 2 saturated heterocycles. The number of benzene rings is 1. The molecule has 0 amide bonds. The zero-order valence-corrected chi connectivity index (χ0v) is 16.2. The number of aromatic amines is 1. The van der Waals surface area contributed by atoms with Crippen LogP contribution in [-0.2, 0) is 0 Å². The van der Waals surface area contributed by atoms with Crippen LogP contribution in [0.5, 0.6) is 5.75 Å². The zero-order chi connectivity index (χ0) is 19.5. The summed E-state index contributed by atoms with van der Waals surface area (Å²) in [5.74, 6) is 1.05. The normalized spacial score (nSPS) is 21.0. The summed E-state index contributed by atoms with van der Waals surface area (Å²) in [6.45, 7) is 10.1. The van der Waals surface area contributed by atoms with Crippen LogP contribution in [0.4, 0.5) is 0 Å². The first kappa shape index (κ1) is 18.4. The summed E-state index contributed by atoms with van der Waals surface area (Å²) in [7, 11) is 0. The van der Waals surface area contributed by atoms with Crippen LogP contribution in [0.1, 0.15) is 25.3 Å². The Balaban J connectivity index is 1.52. The number of aromatic hydroxyl groups is 1. The molecular weight excluding hydrogens is 352 g/mol. The molecule has 7 nitrogen and oxygen atoms in total. The Morgan fingerprint density at radius 2 is 2.18 bits per heavy atom. The molecule has 28 heavy (non-hydrogen) atoms. The number of rotatable bonds is 4. The molecule has 7 heteroatoms. The number of H-pyrrole nitrogens is 1. The monoisotopic (exact) mass is 378 g/mol. The second-order valence-electron chi connectivity index (χ2n) is 7.33. The number of allylic oxidation sites excluding steroid dienone is 1. The molecule has 4 rings (SSSR count). The van der Waals surface area contributed by atoms with Crippen molar-refractivity contribution in [3.63, 3.8) is 0 Å². The zero-order valence-electron chi connectivity index (χ0n) is 16.2. The van der Waals surface area contributed by atoms with E-state index >= 15 is 0 Å². The fourth-order valence-corrected chi connectivity index (χ4v) is 4.02. The van der Waals surface area contributed by atoms with Crippen molar-refractivity contribution >= 4 is 11.5 Å². The standard InChI is InChI=1S/C21H26N6O/c1-3-20(19-7-6-16(11-21(19)28)17-12-22-23-13-17)25-24-15(2)27-10-9-26-8-4-5-18(26)14-27/h3,6-7,11-13,18,28H,1,4-5,8-10,14H2,2H3,(H,22,23)/b24-15+,25-20+. The largest absolute Gasteiger partial charge is 0.507 e. The summed E-state index contributed by atoms with van der Waals surface area (Å²) >= 11 is 0. The van der Waals surface area contributed by atoms with Gasteiger partial charge in [0.05, 0.1) is 11.9 Å². The predicted molar refractivity (Wildman–Crippen MR) is 112 cm³/mol. The second-order valence-corrected chi connectivity index (χ2v) is 7.33. The average molecular weight is 378 g/mol. The maximum Gasteiger partial charge on any atom is 0.125 e. The molecule has 0 spiro atoms. The Morgan fingerprint density at radius 3 is 2.93 bits per heavy atom. The summed E-state index contributed by atoms with van der Waals surface area (Å²) in [5.41, 5.74) is 2.96. The van der Waals surface area contributed by atoms with Crippen LogP contribution >= 0.6 is 0 Å². The van der Waals surface area contributed by atoms with Gasteiger partial charge in [0.2, 0.25) is 0 Å². The maximum absolute atomic E-state index is 10.5. The minimum absolute atomic E-state index is 0.143. The SMILES string of the molecule is C=C/C(=N\N=C(/C)N1CCN2CCCC2C1)c1ccc(-c2cn[nH]c2)cc1O. The molecule has 0 saturated carbocycles. The van der Waals surface area contributed by atoms with Crippen LogP contribution in [0.2, 0.25) is 0 Å². The third kappa shape index (κ3) is 3.71. The van der Waals surface area contributed by atoms with Crippen LogP contribution in [0.15, 0.2) is 53.5 Å². The third-order valence-electron chi connectivity index (χ3n) is 5.65. The van der Waals surface area contributed by atoms with Crippen molar-refractivity contribution in [3.05, 3.63) is 48.8 Å². The molecule has 2 aromatic rings. The highest BCUT2D eigenvalue weighted by atomic mass is 16.3. The first-order valence-electron chi connectivity index (χ1n) is 9.72. The Morgan fingerprint density at radius 1 is 1.29 bits per heavy atom. The molecule has 0 radical (unpaired) electrons. The van der Waals surface area contributed by atoms with Crippen molar-refractivity contribution in [2.45, 2.75) is 25.8 Å². The predicted octanol–water partition coefficient (Wildman–Crippen LogP) is 2.87. The molecule has 2 N–H and O–H groups in total. The highest BCUT2D eigenvalue weighted by Crippen LogP contribution is 2.27. The fourth-order valence-electron chi connectivity index (χ4n) is 4.02. The number of piperazine rings is 1. The van der Waals surface area contributed by atoms with Gasteiger partial charge in [-0.25, -0.2) is 0 Å². The molecule has 1 aromatic heterocycles. The van der Waals surface area contributed by atoms with E-state index in [1.807, 2.05) is 19.1 Å². The van der Waals surface area contributed by atoms with Crippen LogP contribution in [0.3, 0.4) is 0 Å². The van der Waals surface area contributed by atoms with E-state index in [2.05, 4.69) is 36.8 Å². The van der Waals surface area contributed by atoms with Gasteiger partial charge in [0, 0.05) is 43.0 Å². The van der Waals surface area contributed by atoms with Gasteiger partial charge in [-0.1, -0.05) is 12.6 Å². The van der Waals surface area contributed by atoms with E-state index < -0.39 is 0 Å². The van der Waals surface area contributed by atoms with Crippen molar-refractivity contribution < 1.29 is 5.11 Å². The van der Waals surface area contributed by atoms with Crippen molar-refractivity contribution in [1.82, 2.24) is 20.0 Å². The number of phenols is 1. The van der Waals surface area contributed by atoms with Gasteiger partial charge in [0.1, 0.15) is 11.6 Å². The van der Waals surface area contributed by atoms with Gasteiger partial charge < -0.3 is 10.0 Å². The highest BCUT2D eigenvalue weighted by molar-refractivity contribution is 6.10. The maximum atomic E-state index is 10.5. The molecule has 2 fully saturated rings. The smallest absolute Gasteiger partial charge is 0.125 e. The van der Waals surface area contributed by atoms with Gasteiger partial charge >= 0.3 is 0 Å². The summed E-state index contributed by atoms with van der Waals surface area (Å²) in [5, 5.41) is 26.0. The number of nitrogens with zero attached hydrogens (tertiary/aromatic N) is 5. The molecule has 0 aliphatic carbocycles. The van der Waals surface area contributed by atoms with E-state index in [9.17, 15) is 5.11 Å². The van der Waals surface area contributed by atoms with E-state index in [-0.39, 0.29) is 5.75 Å². The van der Waals surface area contributed by atoms with Crippen molar-refractivity contribution in [1.29, 1.82) is 0 Å². The first-order chi connectivity index (χ1) is 13.7. The molecule has 0 bridgehead atoms. The minimum Gasteiger partial charge on any atom is -0.507 e. The number of fused-ring (bicyclic) bond motifs is 1. The number of amidine groups is 1. The van der Waals surface area contributed by atoms with E-state index in [1.165, 1.54) is 19.4 Å². The Hall–Kier alpha value is -2.93. The lowest BCUT2D eigenvalue weighted by molar-refractivity contribution is 0.151. The van der Waals surface area contributed by atoms with Crippen molar-refractivity contribution in [2.75, 3.05) is 26.2 Å². The van der Waals surface area contributed by atoms with E-state index in [0.29, 0.717) is 17.3 Å². The van der Waals surface area contributed by atoms with Gasteiger partial charge in [0.25, 0.3) is 0 Å². The lowest BCUT2D eigenvalue weighted by atomic mass is 10.0. The van der Waals surface area contributed by atoms with Crippen LogP contribution in [-0.4, -0.2) is 68.9 Å². The van der Waals surface area contributed by atoms with E-state index in [1.54, 1.807) is 24.5 Å². The quantitative estimate of drug-likeness (QED) is 0.487. The number of nitrogens with one attached hydrogen (secondary N) is 1. The topological polar surface area (TPSA) is 80.1 Å². The fraction of sp³-hybridized carbons (Fsp3) is 0.381. The van der Waals surface area contributed by atoms with E-state index in [4.69, 9.17) is 0 Å². The number of hydrogen-bond donors (Lipinski definition) is 2. The second kappa shape index (κ2) is 7.98. The first-order valence-corrected chi connectivity index (χ1v) is 9.72. The van der Waals surface area contributed by atoms with Gasteiger partial charge in [-0.15, -0.1) is 10.2 Å². The lowest BCUT2D eigenvalue weighted by Gasteiger charge is -2.38. The Bertz CT molecular complexity index is 902. The molecule has 3 heterocycles. The molecule has 1 unspecified atom stereocenters. The molecular formula is C21H26N6O. The van der Waals surface area contributed by atoms with Crippen LogP contribution in [0, 0.1) is 0 Å². The average Bonchev–Trinajstić information content (AvgIpc) is 3.40. The highest BCUT2D eigenvalue weighted by Gasteiger charge is 2.30. The Kier molecular flexibility index (Phi) is 5.25. The van der Waals surface area contributed by atoms with Gasteiger partial charge in [-0.3, -0.25) is 10.00 Å². The van der Waals surface area contributed by atoms with Gasteiger partial charge in [-0.2, -0.15) is 5.10 Å².